The molecule has 0 saturated carbocycles. The zero-order valence-corrected chi connectivity index (χ0v) is 10.4. The summed E-state index contributed by atoms with van der Waals surface area (Å²) in [7, 11) is 0. The van der Waals surface area contributed by atoms with Gasteiger partial charge < -0.3 is 9.47 Å². The molecule has 4 nitrogen and oxygen atoms in total. The summed E-state index contributed by atoms with van der Waals surface area (Å²) in [5.74, 6) is -2.19. The molecule has 0 N–H and O–H groups in total. The molecule has 0 spiro atoms. The number of aromatic nitrogens is 1. The van der Waals surface area contributed by atoms with Crippen LogP contribution in [0.4, 0.5) is 22.0 Å². The van der Waals surface area contributed by atoms with Crippen LogP contribution in [0, 0.1) is 6.92 Å². The molecular formula is C11H10F5NO3. The van der Waals surface area contributed by atoms with Gasteiger partial charge in [-0.25, -0.2) is 9.78 Å². The average Bonchev–Trinajstić information content (AvgIpc) is 2.26. The van der Waals surface area contributed by atoms with E-state index in [1.54, 1.807) is 0 Å². The molecule has 0 atom stereocenters. The van der Waals surface area contributed by atoms with Crippen molar-refractivity contribution < 1.29 is 36.2 Å². The molecule has 0 unspecified atom stereocenters. The SMILES string of the molecule is CCOC(=O)c1c(C)cc(C(F)(F)F)nc1OC(F)F. The van der Waals surface area contributed by atoms with E-state index in [0.29, 0.717) is 6.07 Å². The van der Waals surface area contributed by atoms with Gasteiger partial charge in [-0.1, -0.05) is 0 Å². The molecule has 1 heterocycles. The largest absolute Gasteiger partial charge is 0.462 e. The van der Waals surface area contributed by atoms with Crippen molar-refractivity contribution in [2.24, 2.45) is 0 Å². The van der Waals surface area contributed by atoms with Gasteiger partial charge in [-0.05, 0) is 25.5 Å². The second kappa shape index (κ2) is 6.02. The smallest absolute Gasteiger partial charge is 0.433 e. The number of pyridine rings is 1. The number of alkyl halides is 5. The van der Waals surface area contributed by atoms with Gasteiger partial charge in [0, 0.05) is 0 Å². The summed E-state index contributed by atoms with van der Waals surface area (Å²) >= 11 is 0. The van der Waals surface area contributed by atoms with E-state index in [1.165, 1.54) is 6.92 Å². The lowest BCUT2D eigenvalue weighted by atomic mass is 10.1. The maximum absolute atomic E-state index is 12.5. The highest BCUT2D eigenvalue weighted by molar-refractivity contribution is 5.93. The van der Waals surface area contributed by atoms with Crippen LogP contribution in [0.15, 0.2) is 6.07 Å². The highest BCUT2D eigenvalue weighted by atomic mass is 19.4. The summed E-state index contributed by atoms with van der Waals surface area (Å²) in [6.07, 6.45) is -4.85. The van der Waals surface area contributed by atoms with E-state index in [4.69, 9.17) is 0 Å². The Morgan fingerprint density at radius 3 is 2.45 bits per heavy atom. The number of hydrogen-bond donors (Lipinski definition) is 0. The second-order valence-corrected chi connectivity index (χ2v) is 3.60. The summed E-state index contributed by atoms with van der Waals surface area (Å²) in [6.45, 7) is -0.897. The van der Waals surface area contributed by atoms with Crippen molar-refractivity contribution in [3.8, 4) is 5.88 Å². The Morgan fingerprint density at radius 2 is 2.00 bits per heavy atom. The lowest BCUT2D eigenvalue weighted by molar-refractivity contribution is -0.142. The Balaban J connectivity index is 3.38. The molecule has 0 aliphatic carbocycles. The predicted molar refractivity (Wildman–Crippen MR) is 56.6 cm³/mol. The van der Waals surface area contributed by atoms with Crippen molar-refractivity contribution in [1.29, 1.82) is 0 Å². The van der Waals surface area contributed by atoms with Gasteiger partial charge in [0.15, 0.2) is 0 Å². The van der Waals surface area contributed by atoms with Crippen LogP contribution in [-0.2, 0) is 10.9 Å². The van der Waals surface area contributed by atoms with Crippen molar-refractivity contribution in [3.05, 3.63) is 22.9 Å². The standard InChI is InChI=1S/C11H10F5NO3/c1-3-19-9(18)7-5(2)4-6(11(14,15)16)17-8(7)20-10(12)13/h4,10H,3H2,1-2H3. The molecule has 112 valence electrons. The van der Waals surface area contributed by atoms with Crippen LogP contribution in [0.5, 0.6) is 5.88 Å². The minimum atomic E-state index is -4.85. The third-order valence-electron chi connectivity index (χ3n) is 2.15. The van der Waals surface area contributed by atoms with Crippen molar-refractivity contribution >= 4 is 5.97 Å². The van der Waals surface area contributed by atoms with Crippen molar-refractivity contribution in [3.63, 3.8) is 0 Å². The topological polar surface area (TPSA) is 48.4 Å². The van der Waals surface area contributed by atoms with Crippen LogP contribution in [0.25, 0.3) is 0 Å². The third-order valence-corrected chi connectivity index (χ3v) is 2.15. The number of carbonyl (C=O) groups excluding carboxylic acids is 1. The predicted octanol–water partition coefficient (Wildman–Crippen LogP) is 3.19. The number of nitrogens with zero attached hydrogens (tertiary/aromatic N) is 1. The van der Waals surface area contributed by atoms with Gasteiger partial charge in [-0.2, -0.15) is 22.0 Å². The number of halogens is 5. The molecule has 1 aromatic heterocycles. The van der Waals surface area contributed by atoms with Gasteiger partial charge in [-0.3, -0.25) is 0 Å². The zero-order valence-electron chi connectivity index (χ0n) is 10.4. The van der Waals surface area contributed by atoms with Crippen molar-refractivity contribution in [2.45, 2.75) is 26.6 Å². The summed E-state index contributed by atoms with van der Waals surface area (Å²) in [4.78, 5) is 14.5. The quantitative estimate of drug-likeness (QED) is 0.633. The Morgan fingerprint density at radius 1 is 1.40 bits per heavy atom. The van der Waals surface area contributed by atoms with Gasteiger partial charge in [0.2, 0.25) is 5.88 Å². The average molecular weight is 299 g/mol. The first-order chi connectivity index (χ1) is 9.16. The van der Waals surface area contributed by atoms with Crippen LogP contribution < -0.4 is 4.74 Å². The molecule has 0 aliphatic heterocycles. The Bertz CT molecular complexity index is 502. The van der Waals surface area contributed by atoms with Crippen molar-refractivity contribution in [1.82, 2.24) is 4.98 Å². The first kappa shape index (κ1) is 16.1. The van der Waals surface area contributed by atoms with Crippen molar-refractivity contribution in [2.75, 3.05) is 6.61 Å². The molecule has 1 rings (SSSR count). The van der Waals surface area contributed by atoms with Gasteiger partial charge in [0.25, 0.3) is 0 Å². The Hall–Kier alpha value is -1.93. The lowest BCUT2D eigenvalue weighted by Crippen LogP contribution is -2.17. The van der Waals surface area contributed by atoms with E-state index in [0.717, 1.165) is 6.92 Å². The molecule has 0 radical (unpaired) electrons. The summed E-state index contributed by atoms with van der Waals surface area (Å²) in [5.41, 5.74) is -2.21. The number of carbonyl (C=O) groups is 1. The second-order valence-electron chi connectivity index (χ2n) is 3.60. The first-order valence-electron chi connectivity index (χ1n) is 5.37. The molecule has 0 aromatic carbocycles. The third kappa shape index (κ3) is 3.78. The number of rotatable bonds is 4. The van der Waals surface area contributed by atoms with Crippen LogP contribution in [0.1, 0.15) is 28.5 Å². The maximum atomic E-state index is 12.5. The highest BCUT2D eigenvalue weighted by Crippen LogP contribution is 2.32. The zero-order chi connectivity index (χ0) is 15.5. The van der Waals surface area contributed by atoms with Crippen LogP contribution in [0.2, 0.25) is 0 Å². The fraction of sp³-hybridized carbons (Fsp3) is 0.455. The van der Waals surface area contributed by atoms with E-state index in [9.17, 15) is 26.7 Å². The van der Waals surface area contributed by atoms with Gasteiger partial charge in [0.1, 0.15) is 11.3 Å². The highest BCUT2D eigenvalue weighted by Gasteiger charge is 2.35. The summed E-state index contributed by atoms with van der Waals surface area (Å²) in [6, 6.07) is 0.560. The Kier molecular flexibility index (Phi) is 4.85. The normalized spacial score (nSPS) is 11.6. The van der Waals surface area contributed by atoms with E-state index in [-0.39, 0.29) is 12.2 Å². The molecule has 20 heavy (non-hydrogen) atoms. The maximum Gasteiger partial charge on any atom is 0.433 e. The van der Waals surface area contributed by atoms with E-state index < -0.39 is 35.9 Å². The lowest BCUT2D eigenvalue weighted by Gasteiger charge is -2.14. The molecule has 0 aliphatic rings. The van der Waals surface area contributed by atoms with Gasteiger partial charge in [-0.15, -0.1) is 0 Å². The van der Waals surface area contributed by atoms with E-state index >= 15 is 0 Å². The molecular weight excluding hydrogens is 289 g/mol. The molecule has 0 fully saturated rings. The van der Waals surface area contributed by atoms with Crippen LogP contribution >= 0.6 is 0 Å². The number of hydrogen-bond acceptors (Lipinski definition) is 4. The fourth-order valence-electron chi connectivity index (χ4n) is 1.41. The number of esters is 1. The van der Waals surface area contributed by atoms with Gasteiger partial charge in [0.05, 0.1) is 6.61 Å². The van der Waals surface area contributed by atoms with Gasteiger partial charge >= 0.3 is 18.8 Å². The molecule has 9 heteroatoms. The molecule has 1 aromatic rings. The van der Waals surface area contributed by atoms with E-state index in [2.05, 4.69) is 14.5 Å². The van der Waals surface area contributed by atoms with Crippen LogP contribution in [-0.4, -0.2) is 24.2 Å². The monoisotopic (exact) mass is 299 g/mol. The molecule has 0 bridgehead atoms. The fourth-order valence-corrected chi connectivity index (χ4v) is 1.41. The number of aryl methyl sites for hydroxylation is 1. The van der Waals surface area contributed by atoms with E-state index in [1.807, 2.05) is 0 Å². The first-order valence-corrected chi connectivity index (χ1v) is 5.37. The molecule has 0 amide bonds. The minimum absolute atomic E-state index is 0.0760. The van der Waals surface area contributed by atoms with Crippen LogP contribution in [0.3, 0.4) is 0 Å². The Labute approximate surface area is 110 Å². The minimum Gasteiger partial charge on any atom is -0.462 e. The molecule has 0 saturated heterocycles. The number of ether oxygens (including phenoxy) is 2. The summed E-state index contributed by atoms with van der Waals surface area (Å²) < 4.78 is 70.5. The summed E-state index contributed by atoms with van der Waals surface area (Å²) in [5, 5.41) is 0.